The van der Waals surface area contributed by atoms with Crippen molar-refractivity contribution >= 4 is 31.4 Å². The third-order valence-corrected chi connectivity index (χ3v) is 7.91. The molecule has 9 heteroatoms. The molecule has 0 aliphatic carbocycles. The first-order chi connectivity index (χ1) is 13.2. The molecule has 1 N–H and O–H groups in total. The zero-order valence-corrected chi connectivity index (χ0v) is 17.5. The topological polar surface area (TPSA) is 92.8 Å². The van der Waals surface area contributed by atoms with Gasteiger partial charge in [0, 0.05) is 6.54 Å². The van der Waals surface area contributed by atoms with Crippen molar-refractivity contribution in [1.29, 1.82) is 0 Å². The van der Waals surface area contributed by atoms with Crippen LogP contribution < -0.4 is 13.8 Å². The number of sulfonamides is 2. The molecule has 0 atom stereocenters. The van der Waals surface area contributed by atoms with Crippen LogP contribution in [0.2, 0.25) is 0 Å². The zero-order chi connectivity index (χ0) is 20.4. The van der Waals surface area contributed by atoms with Gasteiger partial charge in [-0.3, -0.25) is 9.03 Å². The van der Waals surface area contributed by atoms with E-state index in [9.17, 15) is 16.8 Å². The van der Waals surface area contributed by atoms with Gasteiger partial charge in [0.25, 0.3) is 10.0 Å². The third-order valence-electron chi connectivity index (χ3n) is 4.52. The maximum Gasteiger partial charge on any atom is 0.262 e. The van der Waals surface area contributed by atoms with Gasteiger partial charge in [-0.1, -0.05) is 12.1 Å². The number of hydrogen-bond acceptors (Lipinski definition) is 5. The van der Waals surface area contributed by atoms with Crippen LogP contribution in [0.4, 0.5) is 11.4 Å². The van der Waals surface area contributed by atoms with Crippen molar-refractivity contribution in [3.8, 4) is 5.75 Å². The van der Waals surface area contributed by atoms with Crippen molar-refractivity contribution in [3.05, 3.63) is 48.0 Å². The number of benzene rings is 2. The third kappa shape index (κ3) is 4.25. The van der Waals surface area contributed by atoms with E-state index in [1.807, 2.05) is 6.92 Å². The Morgan fingerprint density at radius 1 is 1.14 bits per heavy atom. The predicted molar refractivity (Wildman–Crippen MR) is 110 cm³/mol. The quantitative estimate of drug-likeness (QED) is 0.769. The van der Waals surface area contributed by atoms with E-state index < -0.39 is 20.0 Å². The van der Waals surface area contributed by atoms with Crippen molar-refractivity contribution in [2.45, 2.75) is 31.6 Å². The Hall–Kier alpha value is -2.26. The molecule has 1 fully saturated rings. The van der Waals surface area contributed by atoms with E-state index in [1.54, 1.807) is 43.3 Å². The molecule has 0 radical (unpaired) electrons. The molecule has 3 rings (SSSR count). The minimum atomic E-state index is -3.86. The summed E-state index contributed by atoms with van der Waals surface area (Å²) < 4.78 is 59.8. The van der Waals surface area contributed by atoms with E-state index in [0.717, 1.165) is 6.42 Å². The first kappa shape index (κ1) is 20.5. The Balaban J connectivity index is 1.91. The summed E-state index contributed by atoms with van der Waals surface area (Å²) in [4.78, 5) is 0.0944. The molecule has 1 aliphatic heterocycles. The molecule has 2 aromatic carbocycles. The van der Waals surface area contributed by atoms with Gasteiger partial charge >= 0.3 is 0 Å². The lowest BCUT2D eigenvalue weighted by Gasteiger charge is -2.28. The molecule has 2 aromatic rings. The number of rotatable bonds is 6. The van der Waals surface area contributed by atoms with Crippen LogP contribution in [0.3, 0.4) is 0 Å². The summed E-state index contributed by atoms with van der Waals surface area (Å²) in [5.74, 6) is 0.559. The van der Waals surface area contributed by atoms with Crippen LogP contribution in [0.15, 0.2) is 47.4 Å². The smallest absolute Gasteiger partial charge is 0.262 e. The van der Waals surface area contributed by atoms with Gasteiger partial charge in [-0.05, 0) is 62.6 Å². The highest BCUT2D eigenvalue weighted by molar-refractivity contribution is 7.93. The summed E-state index contributed by atoms with van der Waals surface area (Å²) in [5, 5.41) is 0. The number of aryl methyl sites for hydroxylation is 1. The average Bonchev–Trinajstić information content (AvgIpc) is 2.62. The fourth-order valence-corrected chi connectivity index (χ4v) is 6.13. The lowest BCUT2D eigenvalue weighted by molar-refractivity contribution is 0.342. The first-order valence-corrected chi connectivity index (χ1v) is 12.2. The number of anilines is 2. The molecule has 0 saturated carbocycles. The second-order valence-corrected chi connectivity index (χ2v) is 10.2. The molecule has 0 aromatic heterocycles. The van der Waals surface area contributed by atoms with Gasteiger partial charge in [0.1, 0.15) is 5.75 Å². The number of ether oxygens (including phenoxy) is 1. The largest absolute Gasteiger partial charge is 0.492 e. The SMILES string of the molecule is CCOc1ccccc1NS(=O)(=O)c1ccc(N2CCCCS2(=O)=O)cc1C. The average molecular weight is 425 g/mol. The highest BCUT2D eigenvalue weighted by atomic mass is 32.2. The van der Waals surface area contributed by atoms with E-state index in [0.29, 0.717) is 42.3 Å². The second kappa shape index (κ2) is 8.00. The number of nitrogens with one attached hydrogen (secondary N) is 1. The van der Waals surface area contributed by atoms with Gasteiger partial charge in [0.05, 0.1) is 28.6 Å². The fourth-order valence-electron chi connectivity index (χ4n) is 3.20. The molecule has 1 heterocycles. The van der Waals surface area contributed by atoms with Crippen LogP contribution in [-0.2, 0) is 20.0 Å². The summed E-state index contributed by atoms with van der Waals surface area (Å²) in [5.41, 5.74) is 1.32. The van der Waals surface area contributed by atoms with Crippen LogP contribution >= 0.6 is 0 Å². The molecule has 0 spiro atoms. The second-order valence-electron chi connectivity index (χ2n) is 6.58. The maximum atomic E-state index is 12.9. The summed E-state index contributed by atoms with van der Waals surface area (Å²) in [6.45, 7) is 4.30. The van der Waals surface area contributed by atoms with Gasteiger partial charge in [-0.15, -0.1) is 0 Å². The highest BCUT2D eigenvalue weighted by Gasteiger charge is 2.27. The summed E-state index contributed by atoms with van der Waals surface area (Å²) in [6, 6.07) is 11.4. The number of hydrogen-bond donors (Lipinski definition) is 1. The van der Waals surface area contributed by atoms with Gasteiger partial charge in [0.2, 0.25) is 10.0 Å². The molecule has 0 amide bonds. The Labute approximate surface area is 166 Å². The van der Waals surface area contributed by atoms with Gasteiger partial charge in [-0.2, -0.15) is 0 Å². The molecule has 0 bridgehead atoms. The fraction of sp³-hybridized carbons (Fsp3) is 0.368. The Morgan fingerprint density at radius 3 is 2.57 bits per heavy atom. The van der Waals surface area contributed by atoms with Crippen molar-refractivity contribution in [2.75, 3.05) is 27.9 Å². The Kier molecular flexibility index (Phi) is 5.85. The van der Waals surface area contributed by atoms with Crippen molar-refractivity contribution < 1.29 is 21.6 Å². The van der Waals surface area contributed by atoms with Crippen LogP contribution in [0, 0.1) is 6.92 Å². The number of para-hydroxylation sites is 2. The van der Waals surface area contributed by atoms with Crippen LogP contribution in [0.25, 0.3) is 0 Å². The normalized spacial score (nSPS) is 16.6. The van der Waals surface area contributed by atoms with E-state index >= 15 is 0 Å². The van der Waals surface area contributed by atoms with Crippen molar-refractivity contribution in [1.82, 2.24) is 0 Å². The van der Waals surface area contributed by atoms with E-state index in [4.69, 9.17) is 4.74 Å². The van der Waals surface area contributed by atoms with Crippen LogP contribution in [0.1, 0.15) is 25.3 Å². The van der Waals surface area contributed by atoms with Crippen molar-refractivity contribution in [3.63, 3.8) is 0 Å². The molecule has 7 nitrogen and oxygen atoms in total. The summed E-state index contributed by atoms with van der Waals surface area (Å²) >= 11 is 0. The minimum absolute atomic E-state index is 0.0944. The molecule has 1 aliphatic rings. The number of nitrogens with zero attached hydrogens (tertiary/aromatic N) is 1. The molecule has 0 unspecified atom stereocenters. The Bertz CT molecular complexity index is 1070. The lowest BCUT2D eigenvalue weighted by Crippen LogP contribution is -2.37. The zero-order valence-electron chi connectivity index (χ0n) is 15.9. The first-order valence-electron chi connectivity index (χ1n) is 9.10. The molecular weight excluding hydrogens is 400 g/mol. The van der Waals surface area contributed by atoms with Gasteiger partial charge < -0.3 is 4.74 Å². The molecule has 152 valence electrons. The lowest BCUT2D eigenvalue weighted by atomic mass is 10.2. The van der Waals surface area contributed by atoms with Gasteiger partial charge in [0.15, 0.2) is 0 Å². The van der Waals surface area contributed by atoms with E-state index in [1.165, 1.54) is 10.4 Å². The highest BCUT2D eigenvalue weighted by Crippen LogP contribution is 2.30. The maximum absolute atomic E-state index is 12.9. The summed E-state index contributed by atoms with van der Waals surface area (Å²) in [6.07, 6.45) is 1.43. The standard InChI is InChI=1S/C19H24N2O5S2/c1-3-26-18-9-5-4-8-17(18)20-28(24,25)19-11-10-16(14-15(19)2)21-12-6-7-13-27(21,22)23/h4-5,8-11,14,20H,3,6-7,12-13H2,1-2H3. The molecular formula is C19H24N2O5S2. The van der Waals surface area contributed by atoms with Crippen molar-refractivity contribution in [2.24, 2.45) is 0 Å². The van der Waals surface area contributed by atoms with E-state index in [2.05, 4.69) is 4.72 Å². The molecule has 28 heavy (non-hydrogen) atoms. The Morgan fingerprint density at radius 2 is 1.89 bits per heavy atom. The van der Waals surface area contributed by atoms with Gasteiger partial charge in [-0.25, -0.2) is 16.8 Å². The summed E-state index contributed by atoms with van der Waals surface area (Å²) in [7, 11) is -7.21. The van der Waals surface area contributed by atoms with E-state index in [-0.39, 0.29) is 10.6 Å². The molecule has 1 saturated heterocycles. The monoisotopic (exact) mass is 424 g/mol. The predicted octanol–water partition coefficient (Wildman–Crippen LogP) is 3.12. The van der Waals surface area contributed by atoms with Crippen LogP contribution in [-0.4, -0.2) is 35.7 Å². The minimum Gasteiger partial charge on any atom is -0.492 e. The van der Waals surface area contributed by atoms with Crippen LogP contribution in [0.5, 0.6) is 5.75 Å².